The number of urea groups is 1. The highest BCUT2D eigenvalue weighted by Gasteiger charge is 2.36. The van der Waals surface area contributed by atoms with Crippen LogP contribution < -0.4 is 14.8 Å². The number of nitrogens with one attached hydrogen (secondary N) is 1. The van der Waals surface area contributed by atoms with Crippen molar-refractivity contribution in [3.05, 3.63) is 53.0 Å². The molecule has 3 rings (SSSR count). The van der Waals surface area contributed by atoms with Gasteiger partial charge in [0.15, 0.2) is 0 Å². The van der Waals surface area contributed by atoms with E-state index in [2.05, 4.69) is 5.32 Å². The first-order valence-electron chi connectivity index (χ1n) is 8.08. The van der Waals surface area contributed by atoms with Gasteiger partial charge in [0.1, 0.15) is 22.8 Å². The second kappa shape index (κ2) is 7.36. The number of benzene rings is 1. The molecule has 1 fully saturated rings. The Labute approximate surface area is 155 Å². The molecule has 1 N–H and O–H groups in total. The van der Waals surface area contributed by atoms with Crippen molar-refractivity contribution in [2.45, 2.75) is 13.5 Å². The lowest BCUT2D eigenvalue weighted by atomic mass is 10.0. The summed E-state index contributed by atoms with van der Waals surface area (Å²) in [6.45, 7) is 1.72. The predicted molar refractivity (Wildman–Crippen MR) is 95.1 cm³/mol. The Bertz CT molecular complexity index is 930. The molecular formula is C19H18N2O6. The van der Waals surface area contributed by atoms with Crippen LogP contribution in [0.15, 0.2) is 40.5 Å². The maximum Gasteiger partial charge on any atom is 0.331 e. The number of carbonyl (C=O) groups excluding carboxylic acids is 3. The highest BCUT2D eigenvalue weighted by atomic mass is 16.5. The SMILES string of the molecule is COc1cc(C)c(/C=C2\C(=O)NC(=O)N(Cc3ccco3)C2=O)c(OC)c1. The summed E-state index contributed by atoms with van der Waals surface area (Å²) >= 11 is 0. The number of imide groups is 2. The van der Waals surface area contributed by atoms with E-state index < -0.39 is 17.8 Å². The summed E-state index contributed by atoms with van der Waals surface area (Å²) in [5, 5.41) is 2.17. The molecule has 0 bridgehead atoms. The molecule has 8 heteroatoms. The molecule has 8 nitrogen and oxygen atoms in total. The molecule has 0 aliphatic carbocycles. The minimum atomic E-state index is -0.794. The van der Waals surface area contributed by atoms with Gasteiger partial charge in [-0.2, -0.15) is 0 Å². The van der Waals surface area contributed by atoms with Gasteiger partial charge in [0.2, 0.25) is 0 Å². The average Bonchev–Trinajstić information content (AvgIpc) is 3.15. The molecule has 2 heterocycles. The summed E-state index contributed by atoms with van der Waals surface area (Å²) in [4.78, 5) is 38.0. The number of barbiturate groups is 1. The number of ether oxygens (including phenoxy) is 2. The average molecular weight is 370 g/mol. The lowest BCUT2D eigenvalue weighted by molar-refractivity contribution is -0.130. The zero-order chi connectivity index (χ0) is 19.6. The lowest BCUT2D eigenvalue weighted by Crippen LogP contribution is -2.53. The van der Waals surface area contributed by atoms with Crippen LogP contribution in [-0.4, -0.2) is 37.0 Å². The van der Waals surface area contributed by atoms with E-state index in [1.165, 1.54) is 26.6 Å². The smallest absolute Gasteiger partial charge is 0.331 e. The van der Waals surface area contributed by atoms with Crippen LogP contribution in [-0.2, 0) is 16.1 Å². The van der Waals surface area contributed by atoms with Crippen molar-refractivity contribution in [2.75, 3.05) is 14.2 Å². The number of hydrogen-bond acceptors (Lipinski definition) is 6. The number of rotatable bonds is 5. The van der Waals surface area contributed by atoms with Crippen LogP contribution in [0.1, 0.15) is 16.9 Å². The molecule has 1 aliphatic heterocycles. The van der Waals surface area contributed by atoms with Gasteiger partial charge >= 0.3 is 6.03 Å². The molecule has 0 radical (unpaired) electrons. The molecule has 0 atom stereocenters. The van der Waals surface area contributed by atoms with Crippen LogP contribution in [0.3, 0.4) is 0 Å². The molecular weight excluding hydrogens is 352 g/mol. The summed E-state index contributed by atoms with van der Waals surface area (Å²) in [5.41, 5.74) is 1.12. The van der Waals surface area contributed by atoms with E-state index >= 15 is 0 Å². The fourth-order valence-corrected chi connectivity index (χ4v) is 2.75. The number of hydrogen-bond donors (Lipinski definition) is 1. The van der Waals surface area contributed by atoms with E-state index in [-0.39, 0.29) is 12.1 Å². The third-order valence-corrected chi connectivity index (χ3v) is 4.15. The third-order valence-electron chi connectivity index (χ3n) is 4.15. The van der Waals surface area contributed by atoms with Crippen LogP contribution in [0.4, 0.5) is 4.79 Å². The maximum absolute atomic E-state index is 12.8. The van der Waals surface area contributed by atoms with E-state index in [9.17, 15) is 14.4 Å². The van der Waals surface area contributed by atoms with Gasteiger partial charge in [-0.15, -0.1) is 0 Å². The Morgan fingerprint density at radius 1 is 1.19 bits per heavy atom. The normalized spacial score (nSPS) is 15.9. The predicted octanol–water partition coefficient (Wildman–Crippen LogP) is 2.27. The van der Waals surface area contributed by atoms with Crippen LogP contribution in [0, 0.1) is 6.92 Å². The van der Waals surface area contributed by atoms with Crippen LogP contribution in [0.2, 0.25) is 0 Å². The molecule has 1 aromatic heterocycles. The molecule has 0 spiro atoms. The topological polar surface area (TPSA) is 98.1 Å². The fourth-order valence-electron chi connectivity index (χ4n) is 2.75. The first kappa shape index (κ1) is 18.2. The van der Waals surface area contributed by atoms with Crippen LogP contribution in [0.5, 0.6) is 11.5 Å². The molecule has 0 saturated carbocycles. The number of methoxy groups -OCH3 is 2. The largest absolute Gasteiger partial charge is 0.497 e. The van der Waals surface area contributed by atoms with E-state index in [0.717, 1.165) is 10.5 Å². The Morgan fingerprint density at radius 2 is 1.96 bits per heavy atom. The molecule has 0 unspecified atom stereocenters. The van der Waals surface area contributed by atoms with Gasteiger partial charge in [0, 0.05) is 11.6 Å². The standard InChI is InChI=1S/C19H18N2O6/c1-11-7-13(25-2)8-16(26-3)14(11)9-15-17(22)20-19(24)21(18(15)23)10-12-5-4-6-27-12/h4-9H,10H2,1-3H3,(H,20,22,24)/b15-9+. The highest BCUT2D eigenvalue weighted by Crippen LogP contribution is 2.31. The summed E-state index contributed by atoms with van der Waals surface area (Å²) < 4.78 is 15.7. The van der Waals surface area contributed by atoms with E-state index in [1.54, 1.807) is 31.2 Å². The number of furan rings is 1. The minimum absolute atomic E-state index is 0.0823. The molecule has 1 aromatic carbocycles. The summed E-state index contributed by atoms with van der Waals surface area (Å²) in [6, 6.07) is 5.89. The van der Waals surface area contributed by atoms with Crippen LogP contribution in [0.25, 0.3) is 6.08 Å². The Balaban J connectivity index is 2.00. The van der Waals surface area contributed by atoms with Gasteiger partial charge in [0.05, 0.1) is 27.0 Å². The van der Waals surface area contributed by atoms with Crippen molar-refractivity contribution in [3.8, 4) is 11.5 Å². The summed E-state index contributed by atoms with van der Waals surface area (Å²) in [6.07, 6.45) is 2.85. The van der Waals surface area contributed by atoms with E-state index in [1.807, 2.05) is 0 Å². The first-order valence-corrected chi connectivity index (χ1v) is 8.08. The van der Waals surface area contributed by atoms with Crippen molar-refractivity contribution >= 4 is 23.9 Å². The number of nitrogens with zero attached hydrogens (tertiary/aromatic N) is 1. The quantitative estimate of drug-likeness (QED) is 0.640. The molecule has 2 aromatic rings. The Hall–Kier alpha value is -3.55. The summed E-state index contributed by atoms with van der Waals surface area (Å²) in [7, 11) is 3.01. The van der Waals surface area contributed by atoms with Gasteiger partial charge < -0.3 is 13.9 Å². The van der Waals surface area contributed by atoms with Crippen LogP contribution >= 0.6 is 0 Å². The van der Waals surface area contributed by atoms with Crippen molar-refractivity contribution < 1.29 is 28.3 Å². The number of amides is 4. The zero-order valence-corrected chi connectivity index (χ0v) is 15.1. The van der Waals surface area contributed by atoms with Gasteiger partial charge in [-0.05, 0) is 36.8 Å². The Morgan fingerprint density at radius 3 is 2.59 bits per heavy atom. The van der Waals surface area contributed by atoms with Gasteiger partial charge in [-0.25, -0.2) is 4.79 Å². The third kappa shape index (κ3) is 3.55. The van der Waals surface area contributed by atoms with E-state index in [4.69, 9.17) is 13.9 Å². The lowest BCUT2D eigenvalue weighted by Gasteiger charge is -2.25. The molecule has 27 heavy (non-hydrogen) atoms. The zero-order valence-electron chi connectivity index (χ0n) is 15.1. The minimum Gasteiger partial charge on any atom is -0.497 e. The van der Waals surface area contributed by atoms with Crippen molar-refractivity contribution in [1.29, 1.82) is 0 Å². The van der Waals surface area contributed by atoms with Crippen molar-refractivity contribution in [2.24, 2.45) is 0 Å². The number of carbonyl (C=O) groups is 3. The molecule has 140 valence electrons. The molecule has 1 aliphatic rings. The van der Waals surface area contributed by atoms with E-state index in [0.29, 0.717) is 22.8 Å². The number of aryl methyl sites for hydroxylation is 1. The monoisotopic (exact) mass is 370 g/mol. The first-order chi connectivity index (χ1) is 12.9. The Kier molecular flexibility index (Phi) is 4.98. The van der Waals surface area contributed by atoms with Crippen molar-refractivity contribution in [1.82, 2.24) is 10.2 Å². The van der Waals surface area contributed by atoms with Gasteiger partial charge in [-0.1, -0.05) is 0 Å². The summed E-state index contributed by atoms with van der Waals surface area (Å²) in [5.74, 6) is -0.0317. The fraction of sp³-hybridized carbons (Fsp3) is 0.211. The van der Waals surface area contributed by atoms with Gasteiger partial charge in [0.25, 0.3) is 11.8 Å². The maximum atomic E-state index is 12.8. The molecule has 1 saturated heterocycles. The van der Waals surface area contributed by atoms with Crippen molar-refractivity contribution in [3.63, 3.8) is 0 Å². The van der Waals surface area contributed by atoms with Gasteiger partial charge in [-0.3, -0.25) is 19.8 Å². The highest BCUT2D eigenvalue weighted by molar-refractivity contribution is 6.31. The second-order valence-electron chi connectivity index (χ2n) is 5.85. The molecule has 4 amide bonds. The second-order valence-corrected chi connectivity index (χ2v) is 5.85.